The molecule has 1 rings (SSSR count). The minimum Gasteiger partial charge on any atom is -0.444 e. The van der Waals surface area contributed by atoms with Crippen molar-refractivity contribution in [3.63, 3.8) is 0 Å². The third-order valence-electron chi connectivity index (χ3n) is 1.45. The predicted octanol–water partition coefficient (Wildman–Crippen LogP) is 1.77. The van der Waals surface area contributed by atoms with E-state index in [-0.39, 0.29) is 0 Å². The second-order valence-corrected chi connectivity index (χ2v) is 3.97. The highest BCUT2D eigenvalue weighted by molar-refractivity contribution is 5.83. The number of ether oxygens (including phenoxy) is 1. The van der Waals surface area contributed by atoms with Crippen LogP contribution in [0.4, 0.5) is 10.6 Å². The van der Waals surface area contributed by atoms with Gasteiger partial charge in [-0.25, -0.2) is 4.79 Å². The van der Waals surface area contributed by atoms with E-state index in [0.29, 0.717) is 5.82 Å². The molecule has 0 aliphatic rings. The summed E-state index contributed by atoms with van der Waals surface area (Å²) in [7, 11) is 1.74. The van der Waals surface area contributed by atoms with E-state index < -0.39 is 11.7 Å². The van der Waals surface area contributed by atoms with Gasteiger partial charge >= 0.3 is 6.09 Å². The Kier molecular flexibility index (Phi) is 2.78. The molecule has 0 spiro atoms. The molecule has 78 valence electrons. The number of nitrogens with one attached hydrogen (secondary N) is 1. The van der Waals surface area contributed by atoms with E-state index in [2.05, 4.69) is 10.4 Å². The van der Waals surface area contributed by atoms with E-state index in [1.165, 1.54) is 0 Å². The molecule has 1 heterocycles. The fraction of sp³-hybridized carbons (Fsp3) is 0.556. The number of aryl methyl sites for hydroxylation is 1. The molecule has 1 N–H and O–H groups in total. The molecule has 0 bridgehead atoms. The van der Waals surface area contributed by atoms with Crippen LogP contribution in [0, 0.1) is 0 Å². The zero-order valence-corrected chi connectivity index (χ0v) is 8.87. The van der Waals surface area contributed by atoms with Crippen LogP contribution in [0.25, 0.3) is 0 Å². The summed E-state index contributed by atoms with van der Waals surface area (Å²) in [5, 5.41) is 6.50. The second kappa shape index (κ2) is 3.69. The van der Waals surface area contributed by atoms with Gasteiger partial charge in [-0.2, -0.15) is 5.10 Å². The number of aromatic nitrogens is 2. The first-order valence-corrected chi connectivity index (χ1v) is 4.36. The van der Waals surface area contributed by atoms with Crippen LogP contribution in [0.1, 0.15) is 20.8 Å². The SMILES string of the molecule is Cn1nccc1NC(=O)OC(C)(C)C. The van der Waals surface area contributed by atoms with Crippen molar-refractivity contribution in [3.8, 4) is 0 Å². The second-order valence-electron chi connectivity index (χ2n) is 3.97. The Morgan fingerprint density at radius 2 is 2.21 bits per heavy atom. The van der Waals surface area contributed by atoms with Gasteiger partial charge in [0.25, 0.3) is 0 Å². The first-order valence-electron chi connectivity index (χ1n) is 4.36. The van der Waals surface area contributed by atoms with Gasteiger partial charge in [0.2, 0.25) is 0 Å². The molecule has 0 aliphatic carbocycles. The van der Waals surface area contributed by atoms with Gasteiger partial charge in [-0.1, -0.05) is 0 Å². The third-order valence-corrected chi connectivity index (χ3v) is 1.45. The van der Waals surface area contributed by atoms with Crippen LogP contribution >= 0.6 is 0 Å². The van der Waals surface area contributed by atoms with E-state index in [1.54, 1.807) is 24.0 Å². The van der Waals surface area contributed by atoms with Crippen LogP contribution in [0.15, 0.2) is 12.3 Å². The Labute approximate surface area is 83.1 Å². The van der Waals surface area contributed by atoms with E-state index in [9.17, 15) is 4.79 Å². The smallest absolute Gasteiger partial charge is 0.413 e. The van der Waals surface area contributed by atoms with Crippen molar-refractivity contribution in [1.82, 2.24) is 9.78 Å². The first-order chi connectivity index (χ1) is 6.38. The molecular formula is C9H15N3O2. The van der Waals surface area contributed by atoms with Gasteiger partial charge in [0.1, 0.15) is 11.4 Å². The van der Waals surface area contributed by atoms with E-state index in [4.69, 9.17) is 4.74 Å². The Morgan fingerprint density at radius 1 is 1.57 bits per heavy atom. The fourth-order valence-corrected chi connectivity index (χ4v) is 0.905. The molecule has 1 aromatic heterocycles. The Hall–Kier alpha value is -1.52. The third kappa shape index (κ3) is 3.08. The molecule has 14 heavy (non-hydrogen) atoms. The van der Waals surface area contributed by atoms with Crippen LogP contribution in [-0.2, 0) is 11.8 Å². The summed E-state index contributed by atoms with van der Waals surface area (Å²) in [6.07, 6.45) is 1.13. The largest absolute Gasteiger partial charge is 0.444 e. The number of hydrogen-bond acceptors (Lipinski definition) is 3. The van der Waals surface area contributed by atoms with Gasteiger partial charge in [-0.15, -0.1) is 0 Å². The van der Waals surface area contributed by atoms with Crippen LogP contribution in [0.3, 0.4) is 0 Å². The monoisotopic (exact) mass is 197 g/mol. The molecule has 0 atom stereocenters. The maximum Gasteiger partial charge on any atom is 0.413 e. The van der Waals surface area contributed by atoms with Crippen LogP contribution in [0.2, 0.25) is 0 Å². The first kappa shape index (κ1) is 10.6. The van der Waals surface area contributed by atoms with Crippen molar-refractivity contribution in [3.05, 3.63) is 12.3 Å². The van der Waals surface area contributed by atoms with Crippen molar-refractivity contribution in [2.45, 2.75) is 26.4 Å². The highest BCUT2D eigenvalue weighted by atomic mass is 16.6. The molecule has 0 aromatic carbocycles. The lowest BCUT2D eigenvalue weighted by atomic mass is 10.2. The molecule has 5 heteroatoms. The summed E-state index contributed by atoms with van der Waals surface area (Å²) in [6, 6.07) is 1.70. The number of carbonyl (C=O) groups is 1. The number of nitrogens with zero attached hydrogens (tertiary/aromatic N) is 2. The van der Waals surface area contributed by atoms with Gasteiger partial charge < -0.3 is 4.74 Å². The topological polar surface area (TPSA) is 56.2 Å². The fourth-order valence-electron chi connectivity index (χ4n) is 0.905. The Bertz CT molecular complexity index is 325. The van der Waals surface area contributed by atoms with Crippen molar-refractivity contribution in [2.24, 2.45) is 7.05 Å². The lowest BCUT2D eigenvalue weighted by Crippen LogP contribution is -2.27. The molecule has 0 saturated carbocycles. The maximum absolute atomic E-state index is 11.3. The highest BCUT2D eigenvalue weighted by Gasteiger charge is 2.16. The Morgan fingerprint density at radius 3 is 2.64 bits per heavy atom. The number of hydrogen-bond donors (Lipinski definition) is 1. The molecule has 1 aromatic rings. The van der Waals surface area contributed by atoms with E-state index in [1.807, 2.05) is 20.8 Å². The molecule has 0 aliphatic heterocycles. The molecule has 0 saturated heterocycles. The minimum absolute atomic E-state index is 0.471. The van der Waals surface area contributed by atoms with Crippen LogP contribution in [-0.4, -0.2) is 21.5 Å². The molecule has 0 fully saturated rings. The predicted molar refractivity (Wildman–Crippen MR) is 53.1 cm³/mol. The van der Waals surface area contributed by atoms with Gasteiger partial charge in [-0.3, -0.25) is 10.00 Å². The van der Waals surface area contributed by atoms with E-state index in [0.717, 1.165) is 0 Å². The average molecular weight is 197 g/mol. The average Bonchev–Trinajstić information content (AvgIpc) is 2.32. The van der Waals surface area contributed by atoms with Crippen molar-refractivity contribution in [1.29, 1.82) is 0 Å². The van der Waals surface area contributed by atoms with Gasteiger partial charge in [0, 0.05) is 13.1 Å². The summed E-state index contributed by atoms with van der Waals surface area (Å²) in [5.74, 6) is 0.610. The quantitative estimate of drug-likeness (QED) is 0.746. The van der Waals surface area contributed by atoms with Gasteiger partial charge in [-0.05, 0) is 20.8 Å². The zero-order valence-electron chi connectivity index (χ0n) is 8.87. The standard InChI is InChI=1S/C9H15N3O2/c1-9(2,3)14-8(13)11-7-5-6-10-12(7)4/h5-6H,1-4H3,(H,11,13). The normalized spacial score (nSPS) is 11.1. The summed E-state index contributed by atoms with van der Waals surface area (Å²) < 4.78 is 6.63. The van der Waals surface area contributed by atoms with Crippen molar-refractivity contribution < 1.29 is 9.53 Å². The van der Waals surface area contributed by atoms with Gasteiger partial charge in [0.05, 0.1) is 6.20 Å². The molecule has 0 unspecified atom stereocenters. The summed E-state index contributed by atoms with van der Waals surface area (Å²) in [6.45, 7) is 5.45. The molecule has 1 amide bonds. The number of carbonyl (C=O) groups excluding carboxylic acids is 1. The molecule has 5 nitrogen and oxygen atoms in total. The summed E-state index contributed by atoms with van der Waals surface area (Å²) in [5.41, 5.74) is -0.483. The lowest BCUT2D eigenvalue weighted by Gasteiger charge is -2.19. The van der Waals surface area contributed by atoms with Crippen molar-refractivity contribution in [2.75, 3.05) is 5.32 Å². The number of amides is 1. The van der Waals surface area contributed by atoms with Crippen LogP contribution < -0.4 is 5.32 Å². The number of anilines is 1. The highest BCUT2D eigenvalue weighted by Crippen LogP contribution is 2.10. The maximum atomic E-state index is 11.3. The summed E-state index contributed by atoms with van der Waals surface area (Å²) in [4.78, 5) is 11.3. The minimum atomic E-state index is -0.483. The van der Waals surface area contributed by atoms with Gasteiger partial charge in [0.15, 0.2) is 0 Å². The molecular weight excluding hydrogens is 182 g/mol. The van der Waals surface area contributed by atoms with Crippen LogP contribution in [0.5, 0.6) is 0 Å². The summed E-state index contributed by atoms with van der Waals surface area (Å²) >= 11 is 0. The lowest BCUT2D eigenvalue weighted by molar-refractivity contribution is 0.0634. The van der Waals surface area contributed by atoms with Crippen molar-refractivity contribution >= 4 is 11.9 Å². The number of rotatable bonds is 1. The zero-order chi connectivity index (χ0) is 10.8. The van der Waals surface area contributed by atoms with E-state index >= 15 is 0 Å². The molecule has 0 radical (unpaired) electrons. The Balaban J connectivity index is 2.54.